The lowest BCUT2D eigenvalue weighted by molar-refractivity contribution is 0.250. The molecule has 22 heavy (non-hydrogen) atoms. The van der Waals surface area contributed by atoms with Crippen LogP contribution < -0.4 is 20.1 Å². The quantitative estimate of drug-likeness (QED) is 0.840. The van der Waals surface area contributed by atoms with Gasteiger partial charge in [-0.15, -0.1) is 0 Å². The highest BCUT2D eigenvalue weighted by Gasteiger charge is 2.13. The standard InChI is InChI=1S/C17H26N2O3/c1-21-15-9-8-14(12-16(15)22-2)19-17(20)18-11-10-13-6-4-3-5-7-13/h8-9,12-13H,3-7,10-11H2,1-2H3,(H2,18,19,20). The molecule has 5 nitrogen and oxygen atoms in total. The molecule has 0 aromatic heterocycles. The van der Waals surface area contributed by atoms with Gasteiger partial charge >= 0.3 is 6.03 Å². The molecule has 1 saturated carbocycles. The van der Waals surface area contributed by atoms with Gasteiger partial charge in [0.15, 0.2) is 11.5 Å². The minimum atomic E-state index is -0.178. The summed E-state index contributed by atoms with van der Waals surface area (Å²) in [7, 11) is 3.16. The molecule has 0 unspecified atom stereocenters. The van der Waals surface area contributed by atoms with Crippen LogP contribution in [0.5, 0.6) is 11.5 Å². The van der Waals surface area contributed by atoms with Gasteiger partial charge in [-0.1, -0.05) is 32.1 Å². The van der Waals surface area contributed by atoms with Crippen LogP contribution in [0.15, 0.2) is 18.2 Å². The maximum Gasteiger partial charge on any atom is 0.319 e. The van der Waals surface area contributed by atoms with Crippen molar-refractivity contribution in [2.75, 3.05) is 26.1 Å². The number of anilines is 1. The normalized spacial score (nSPS) is 15.2. The number of amides is 2. The molecule has 0 aliphatic heterocycles. The molecule has 1 aromatic rings. The summed E-state index contributed by atoms with van der Waals surface area (Å²) in [4.78, 5) is 11.9. The highest BCUT2D eigenvalue weighted by atomic mass is 16.5. The maximum absolute atomic E-state index is 11.9. The van der Waals surface area contributed by atoms with Crippen molar-refractivity contribution in [3.05, 3.63) is 18.2 Å². The highest BCUT2D eigenvalue weighted by molar-refractivity contribution is 5.89. The van der Waals surface area contributed by atoms with Gasteiger partial charge in [-0.25, -0.2) is 4.79 Å². The van der Waals surface area contributed by atoms with E-state index in [4.69, 9.17) is 9.47 Å². The average molecular weight is 306 g/mol. The molecule has 0 bridgehead atoms. The molecule has 1 aromatic carbocycles. The van der Waals surface area contributed by atoms with Crippen LogP contribution in [0.2, 0.25) is 0 Å². The number of carbonyl (C=O) groups is 1. The summed E-state index contributed by atoms with van der Waals surface area (Å²) in [6, 6.07) is 5.14. The summed E-state index contributed by atoms with van der Waals surface area (Å²) in [5.74, 6) is 2.02. The molecule has 0 heterocycles. The zero-order valence-electron chi connectivity index (χ0n) is 13.5. The fraction of sp³-hybridized carbons (Fsp3) is 0.588. The zero-order chi connectivity index (χ0) is 15.8. The monoisotopic (exact) mass is 306 g/mol. The molecule has 2 amide bonds. The third-order valence-electron chi connectivity index (χ3n) is 4.20. The number of benzene rings is 1. The van der Waals surface area contributed by atoms with Gasteiger partial charge in [-0.05, 0) is 24.5 Å². The fourth-order valence-corrected chi connectivity index (χ4v) is 2.95. The van der Waals surface area contributed by atoms with Crippen LogP contribution in [0.25, 0.3) is 0 Å². The molecule has 0 spiro atoms. The average Bonchev–Trinajstić information content (AvgIpc) is 2.55. The van der Waals surface area contributed by atoms with Crippen molar-refractivity contribution in [2.24, 2.45) is 5.92 Å². The van der Waals surface area contributed by atoms with E-state index >= 15 is 0 Å². The summed E-state index contributed by atoms with van der Waals surface area (Å²) in [5, 5.41) is 5.74. The lowest BCUT2D eigenvalue weighted by Crippen LogP contribution is -2.30. The summed E-state index contributed by atoms with van der Waals surface area (Å²) >= 11 is 0. The Hall–Kier alpha value is -1.91. The van der Waals surface area contributed by atoms with Gasteiger partial charge in [0.1, 0.15) is 0 Å². The second-order valence-corrected chi connectivity index (χ2v) is 5.74. The number of ether oxygens (including phenoxy) is 2. The van der Waals surface area contributed by atoms with Crippen molar-refractivity contribution >= 4 is 11.7 Å². The van der Waals surface area contributed by atoms with Gasteiger partial charge in [-0.3, -0.25) is 0 Å². The van der Waals surface area contributed by atoms with E-state index in [1.54, 1.807) is 32.4 Å². The van der Waals surface area contributed by atoms with Crippen LogP contribution >= 0.6 is 0 Å². The Morgan fingerprint density at radius 3 is 2.55 bits per heavy atom. The van der Waals surface area contributed by atoms with E-state index in [1.807, 2.05) is 0 Å². The molecular formula is C17H26N2O3. The van der Waals surface area contributed by atoms with Crippen molar-refractivity contribution < 1.29 is 14.3 Å². The summed E-state index contributed by atoms with van der Waals surface area (Å²) in [6.07, 6.45) is 7.71. The molecule has 5 heteroatoms. The van der Waals surface area contributed by atoms with Crippen molar-refractivity contribution in [3.8, 4) is 11.5 Å². The molecule has 0 atom stereocenters. The number of hydrogen-bond donors (Lipinski definition) is 2. The maximum atomic E-state index is 11.9. The molecular weight excluding hydrogens is 280 g/mol. The summed E-state index contributed by atoms with van der Waals surface area (Å²) in [5.41, 5.74) is 0.688. The Labute approximate surface area is 132 Å². The third kappa shape index (κ3) is 4.83. The second-order valence-electron chi connectivity index (χ2n) is 5.74. The zero-order valence-corrected chi connectivity index (χ0v) is 13.5. The predicted octanol–water partition coefficient (Wildman–Crippen LogP) is 3.80. The van der Waals surface area contributed by atoms with E-state index in [0.717, 1.165) is 18.9 Å². The lowest BCUT2D eigenvalue weighted by Gasteiger charge is -2.21. The predicted molar refractivity (Wildman–Crippen MR) is 87.8 cm³/mol. The smallest absolute Gasteiger partial charge is 0.319 e. The van der Waals surface area contributed by atoms with Crippen molar-refractivity contribution in [1.29, 1.82) is 0 Å². The van der Waals surface area contributed by atoms with Crippen molar-refractivity contribution in [1.82, 2.24) is 5.32 Å². The van der Waals surface area contributed by atoms with E-state index in [0.29, 0.717) is 17.2 Å². The molecule has 1 aliphatic rings. The first-order valence-corrected chi connectivity index (χ1v) is 8.00. The van der Waals surface area contributed by atoms with E-state index < -0.39 is 0 Å². The minimum Gasteiger partial charge on any atom is -0.493 e. The van der Waals surface area contributed by atoms with E-state index in [2.05, 4.69) is 10.6 Å². The van der Waals surface area contributed by atoms with Crippen LogP contribution in [0.3, 0.4) is 0 Å². The number of hydrogen-bond acceptors (Lipinski definition) is 3. The second kappa shape index (κ2) is 8.51. The van der Waals surface area contributed by atoms with Gasteiger partial charge in [0.2, 0.25) is 0 Å². The fourth-order valence-electron chi connectivity index (χ4n) is 2.95. The van der Waals surface area contributed by atoms with Gasteiger partial charge in [-0.2, -0.15) is 0 Å². The van der Waals surface area contributed by atoms with E-state index in [9.17, 15) is 4.79 Å². The Kier molecular flexibility index (Phi) is 6.37. The SMILES string of the molecule is COc1ccc(NC(=O)NCCC2CCCCC2)cc1OC. The van der Waals surface area contributed by atoms with Gasteiger partial charge < -0.3 is 20.1 Å². The Balaban J connectivity index is 1.76. The number of methoxy groups -OCH3 is 2. The molecule has 122 valence electrons. The largest absolute Gasteiger partial charge is 0.493 e. The number of carbonyl (C=O) groups excluding carboxylic acids is 1. The summed E-state index contributed by atoms with van der Waals surface area (Å²) in [6.45, 7) is 0.726. The summed E-state index contributed by atoms with van der Waals surface area (Å²) < 4.78 is 10.4. The van der Waals surface area contributed by atoms with E-state index in [-0.39, 0.29) is 6.03 Å². The molecule has 1 fully saturated rings. The van der Waals surface area contributed by atoms with Gasteiger partial charge in [0.05, 0.1) is 14.2 Å². The number of urea groups is 1. The first kappa shape index (κ1) is 16.5. The first-order valence-electron chi connectivity index (χ1n) is 8.00. The molecule has 1 aliphatic carbocycles. The van der Waals surface area contributed by atoms with Crippen LogP contribution in [-0.2, 0) is 0 Å². The van der Waals surface area contributed by atoms with Crippen LogP contribution in [0.4, 0.5) is 10.5 Å². The van der Waals surface area contributed by atoms with Crippen molar-refractivity contribution in [2.45, 2.75) is 38.5 Å². The third-order valence-corrected chi connectivity index (χ3v) is 4.20. The number of rotatable bonds is 6. The van der Waals surface area contributed by atoms with Crippen LogP contribution in [0, 0.1) is 5.92 Å². The molecule has 0 radical (unpaired) electrons. The Bertz CT molecular complexity index is 485. The first-order chi connectivity index (χ1) is 10.7. The molecule has 0 saturated heterocycles. The van der Waals surface area contributed by atoms with Crippen LogP contribution in [-0.4, -0.2) is 26.8 Å². The minimum absolute atomic E-state index is 0.178. The Morgan fingerprint density at radius 1 is 1.14 bits per heavy atom. The van der Waals surface area contributed by atoms with Gasteiger partial charge in [0, 0.05) is 18.3 Å². The topological polar surface area (TPSA) is 59.6 Å². The number of nitrogens with one attached hydrogen (secondary N) is 2. The highest BCUT2D eigenvalue weighted by Crippen LogP contribution is 2.29. The Morgan fingerprint density at radius 2 is 1.86 bits per heavy atom. The van der Waals surface area contributed by atoms with E-state index in [1.165, 1.54) is 32.1 Å². The molecule has 2 N–H and O–H groups in total. The van der Waals surface area contributed by atoms with Crippen molar-refractivity contribution in [3.63, 3.8) is 0 Å². The molecule has 2 rings (SSSR count). The lowest BCUT2D eigenvalue weighted by atomic mass is 9.87. The van der Waals surface area contributed by atoms with Crippen LogP contribution in [0.1, 0.15) is 38.5 Å². The van der Waals surface area contributed by atoms with Gasteiger partial charge in [0.25, 0.3) is 0 Å².